The van der Waals surface area contributed by atoms with Crippen molar-refractivity contribution >= 4 is 22.7 Å². The minimum Gasteiger partial charge on any atom is -0.241 e. The zero-order valence-electron chi connectivity index (χ0n) is 8.53. The Labute approximate surface area is 93.9 Å². The van der Waals surface area contributed by atoms with E-state index in [4.69, 9.17) is 6.42 Å². The standard InChI is InChI=1S/C13H11NS/c1-3-8-15-13-9-10(2)11-6-4-5-7-12(11)14-13/h1,4-7,9H,8H2,2H3. The highest BCUT2D eigenvalue weighted by Crippen LogP contribution is 2.22. The monoisotopic (exact) mass is 213 g/mol. The first-order chi connectivity index (χ1) is 7.31. The molecule has 1 nitrogen and oxygen atoms in total. The molecule has 0 fully saturated rings. The third-order valence-electron chi connectivity index (χ3n) is 2.20. The van der Waals surface area contributed by atoms with Crippen molar-refractivity contribution in [1.29, 1.82) is 0 Å². The number of pyridine rings is 1. The summed E-state index contributed by atoms with van der Waals surface area (Å²) < 4.78 is 0. The Balaban J connectivity index is 2.49. The van der Waals surface area contributed by atoms with Crippen molar-refractivity contribution in [2.75, 3.05) is 5.75 Å². The van der Waals surface area contributed by atoms with E-state index in [1.54, 1.807) is 11.8 Å². The van der Waals surface area contributed by atoms with Crippen LogP contribution in [0.4, 0.5) is 0 Å². The van der Waals surface area contributed by atoms with Crippen LogP contribution < -0.4 is 0 Å². The summed E-state index contributed by atoms with van der Waals surface area (Å²) in [7, 11) is 0. The van der Waals surface area contributed by atoms with Crippen molar-refractivity contribution < 1.29 is 0 Å². The minimum atomic E-state index is 0.671. The van der Waals surface area contributed by atoms with Crippen LogP contribution in [0.15, 0.2) is 35.4 Å². The number of rotatable bonds is 2. The summed E-state index contributed by atoms with van der Waals surface area (Å²) in [4.78, 5) is 4.54. The van der Waals surface area contributed by atoms with E-state index < -0.39 is 0 Å². The van der Waals surface area contributed by atoms with Gasteiger partial charge in [-0.2, -0.15) is 0 Å². The lowest BCUT2D eigenvalue weighted by molar-refractivity contribution is 1.17. The first-order valence-corrected chi connectivity index (χ1v) is 5.72. The number of benzene rings is 1. The van der Waals surface area contributed by atoms with Crippen LogP contribution in [0.5, 0.6) is 0 Å². The number of hydrogen-bond acceptors (Lipinski definition) is 2. The van der Waals surface area contributed by atoms with Crippen LogP contribution in [-0.4, -0.2) is 10.7 Å². The maximum absolute atomic E-state index is 5.23. The number of aryl methyl sites for hydroxylation is 1. The van der Waals surface area contributed by atoms with E-state index in [0.29, 0.717) is 5.75 Å². The molecule has 1 heterocycles. The molecule has 0 bridgehead atoms. The number of aromatic nitrogens is 1. The van der Waals surface area contributed by atoms with E-state index in [2.05, 4.69) is 30.0 Å². The van der Waals surface area contributed by atoms with E-state index in [1.165, 1.54) is 10.9 Å². The van der Waals surface area contributed by atoms with Crippen molar-refractivity contribution in [3.8, 4) is 12.3 Å². The highest BCUT2D eigenvalue weighted by molar-refractivity contribution is 7.99. The van der Waals surface area contributed by atoms with Gasteiger partial charge in [-0.3, -0.25) is 0 Å². The van der Waals surface area contributed by atoms with Crippen molar-refractivity contribution in [2.45, 2.75) is 11.9 Å². The number of thioether (sulfide) groups is 1. The lowest BCUT2D eigenvalue weighted by atomic mass is 10.1. The smallest absolute Gasteiger partial charge is 0.0979 e. The summed E-state index contributed by atoms with van der Waals surface area (Å²) in [6.45, 7) is 2.10. The highest BCUT2D eigenvalue weighted by Gasteiger charge is 2.01. The fourth-order valence-electron chi connectivity index (χ4n) is 1.51. The molecule has 15 heavy (non-hydrogen) atoms. The summed E-state index contributed by atoms with van der Waals surface area (Å²) in [5.74, 6) is 3.28. The Bertz CT molecular complexity index is 526. The number of para-hydroxylation sites is 1. The molecule has 0 aliphatic carbocycles. The van der Waals surface area contributed by atoms with Crippen LogP contribution in [0, 0.1) is 19.3 Å². The molecule has 0 saturated carbocycles. The first-order valence-electron chi connectivity index (χ1n) is 4.74. The molecule has 2 aromatic rings. The zero-order valence-corrected chi connectivity index (χ0v) is 9.34. The molecule has 0 aliphatic heterocycles. The van der Waals surface area contributed by atoms with E-state index >= 15 is 0 Å². The molecular weight excluding hydrogens is 202 g/mol. The van der Waals surface area contributed by atoms with Gasteiger partial charge >= 0.3 is 0 Å². The fourth-order valence-corrected chi connectivity index (χ4v) is 2.16. The summed E-state index contributed by atoms with van der Waals surface area (Å²) >= 11 is 1.60. The van der Waals surface area contributed by atoms with Gasteiger partial charge in [0.2, 0.25) is 0 Å². The maximum Gasteiger partial charge on any atom is 0.0979 e. The van der Waals surface area contributed by atoms with Crippen LogP contribution in [0.3, 0.4) is 0 Å². The van der Waals surface area contributed by atoms with Gasteiger partial charge in [0.25, 0.3) is 0 Å². The van der Waals surface area contributed by atoms with E-state index in [1.807, 2.05) is 18.2 Å². The van der Waals surface area contributed by atoms with Crippen molar-refractivity contribution in [2.24, 2.45) is 0 Å². The second-order valence-electron chi connectivity index (χ2n) is 3.29. The number of terminal acetylenes is 1. The molecule has 74 valence electrons. The molecule has 1 aromatic carbocycles. The molecule has 0 atom stereocenters. The first kappa shape index (κ1) is 10.1. The average Bonchev–Trinajstić information content (AvgIpc) is 2.26. The number of fused-ring (bicyclic) bond motifs is 1. The Morgan fingerprint density at radius 3 is 3.00 bits per heavy atom. The summed E-state index contributed by atoms with van der Waals surface area (Å²) in [6, 6.07) is 10.2. The minimum absolute atomic E-state index is 0.671. The Hall–Kier alpha value is -1.46. The second-order valence-corrected chi connectivity index (χ2v) is 4.28. The highest BCUT2D eigenvalue weighted by atomic mass is 32.2. The summed E-state index contributed by atoms with van der Waals surface area (Å²) in [6.07, 6.45) is 5.23. The van der Waals surface area contributed by atoms with Crippen molar-refractivity contribution in [3.63, 3.8) is 0 Å². The molecular formula is C13H11NS. The van der Waals surface area contributed by atoms with Gasteiger partial charge in [-0.15, -0.1) is 6.42 Å². The molecule has 1 aromatic heterocycles. The third-order valence-corrected chi connectivity index (χ3v) is 3.02. The molecule has 0 amide bonds. The maximum atomic E-state index is 5.23. The van der Waals surface area contributed by atoms with Crippen LogP contribution >= 0.6 is 11.8 Å². The summed E-state index contributed by atoms with van der Waals surface area (Å²) in [5.41, 5.74) is 2.29. The van der Waals surface area contributed by atoms with Crippen LogP contribution in [0.25, 0.3) is 10.9 Å². The van der Waals surface area contributed by atoms with Gasteiger partial charge in [-0.1, -0.05) is 35.9 Å². The van der Waals surface area contributed by atoms with Gasteiger partial charge in [0.1, 0.15) is 0 Å². The van der Waals surface area contributed by atoms with E-state index in [9.17, 15) is 0 Å². The summed E-state index contributed by atoms with van der Waals surface area (Å²) in [5, 5.41) is 2.21. The topological polar surface area (TPSA) is 12.9 Å². The van der Waals surface area contributed by atoms with E-state index in [-0.39, 0.29) is 0 Å². The zero-order chi connectivity index (χ0) is 10.7. The fraction of sp³-hybridized carbons (Fsp3) is 0.154. The van der Waals surface area contributed by atoms with Crippen LogP contribution in [0.1, 0.15) is 5.56 Å². The van der Waals surface area contributed by atoms with Gasteiger partial charge in [0, 0.05) is 5.39 Å². The van der Waals surface area contributed by atoms with Crippen molar-refractivity contribution in [3.05, 3.63) is 35.9 Å². The molecule has 0 saturated heterocycles. The van der Waals surface area contributed by atoms with Gasteiger partial charge < -0.3 is 0 Å². The normalized spacial score (nSPS) is 10.1. The Morgan fingerprint density at radius 2 is 2.20 bits per heavy atom. The molecule has 2 rings (SSSR count). The number of nitrogens with zero attached hydrogens (tertiary/aromatic N) is 1. The van der Waals surface area contributed by atoms with Gasteiger partial charge in [0.05, 0.1) is 16.3 Å². The largest absolute Gasteiger partial charge is 0.241 e. The Kier molecular flexibility index (Phi) is 2.94. The number of hydrogen-bond donors (Lipinski definition) is 0. The molecule has 0 aliphatic rings. The molecule has 0 spiro atoms. The molecule has 0 N–H and O–H groups in total. The van der Waals surface area contributed by atoms with Crippen molar-refractivity contribution in [1.82, 2.24) is 4.98 Å². The Morgan fingerprint density at radius 1 is 1.40 bits per heavy atom. The van der Waals surface area contributed by atoms with Crippen LogP contribution in [0.2, 0.25) is 0 Å². The lowest BCUT2D eigenvalue weighted by Crippen LogP contribution is -1.86. The lowest BCUT2D eigenvalue weighted by Gasteiger charge is -2.04. The van der Waals surface area contributed by atoms with Gasteiger partial charge in [-0.25, -0.2) is 4.98 Å². The van der Waals surface area contributed by atoms with Gasteiger partial charge in [0.15, 0.2) is 0 Å². The quantitative estimate of drug-likeness (QED) is 0.561. The van der Waals surface area contributed by atoms with Crippen LogP contribution in [-0.2, 0) is 0 Å². The SMILES string of the molecule is C#CCSc1cc(C)c2ccccc2n1. The molecule has 0 unspecified atom stereocenters. The molecule has 2 heteroatoms. The van der Waals surface area contributed by atoms with Gasteiger partial charge in [-0.05, 0) is 24.6 Å². The third kappa shape index (κ3) is 2.14. The van der Waals surface area contributed by atoms with E-state index in [0.717, 1.165) is 10.5 Å². The predicted molar refractivity (Wildman–Crippen MR) is 66.0 cm³/mol. The average molecular weight is 213 g/mol. The molecule has 0 radical (unpaired) electrons. The second kappa shape index (κ2) is 4.37. The predicted octanol–water partition coefficient (Wildman–Crippen LogP) is 3.27.